The highest BCUT2D eigenvalue weighted by atomic mass is 19.3. The summed E-state index contributed by atoms with van der Waals surface area (Å²) in [5, 5.41) is 17.4. The summed E-state index contributed by atoms with van der Waals surface area (Å²) in [4.78, 5) is 10.7. The lowest BCUT2D eigenvalue weighted by molar-refractivity contribution is 0.0696. The van der Waals surface area contributed by atoms with Crippen molar-refractivity contribution in [3.05, 3.63) is 34.4 Å². The van der Waals surface area contributed by atoms with Crippen molar-refractivity contribution in [1.82, 2.24) is 0 Å². The first kappa shape index (κ1) is 11.1. The molecule has 3 nitrogen and oxygen atoms in total. The van der Waals surface area contributed by atoms with Gasteiger partial charge in [-0.05, 0) is 24.6 Å². The Labute approximate surface area is 84.6 Å². The van der Waals surface area contributed by atoms with Gasteiger partial charge in [-0.15, -0.1) is 0 Å². The molecule has 5 heteroatoms. The van der Waals surface area contributed by atoms with Gasteiger partial charge in [0.1, 0.15) is 6.07 Å². The summed E-state index contributed by atoms with van der Waals surface area (Å²) in [7, 11) is 0. The number of carboxylic acids is 1. The Morgan fingerprint density at radius 2 is 2.13 bits per heavy atom. The number of benzene rings is 1. The number of carbonyl (C=O) groups is 1. The Hall–Kier alpha value is -1.96. The second-order valence-electron chi connectivity index (χ2n) is 2.98. The number of carboxylic acid groups (broad SMARTS) is 1. The van der Waals surface area contributed by atoms with Crippen molar-refractivity contribution in [3.8, 4) is 6.07 Å². The van der Waals surface area contributed by atoms with E-state index in [1.807, 2.05) is 0 Å². The molecule has 1 aromatic rings. The molecule has 0 bridgehead atoms. The number of aromatic carboxylic acids is 1. The minimum Gasteiger partial charge on any atom is -0.478 e. The first-order valence-corrected chi connectivity index (χ1v) is 4.03. The van der Waals surface area contributed by atoms with Crippen molar-refractivity contribution in [1.29, 1.82) is 5.26 Å². The first-order valence-electron chi connectivity index (χ1n) is 4.03. The van der Waals surface area contributed by atoms with Gasteiger partial charge in [-0.25, -0.2) is 13.6 Å². The molecule has 0 aromatic heterocycles. The van der Waals surface area contributed by atoms with Crippen LogP contribution in [-0.4, -0.2) is 11.1 Å². The van der Waals surface area contributed by atoms with Crippen LogP contribution in [0.5, 0.6) is 0 Å². The van der Waals surface area contributed by atoms with Crippen LogP contribution in [0.15, 0.2) is 12.1 Å². The van der Waals surface area contributed by atoms with Gasteiger partial charge < -0.3 is 5.11 Å². The molecule has 1 aromatic carbocycles. The fraction of sp³-hybridized carbons (Fsp3) is 0.200. The molecular formula is C10H7F2NO2. The zero-order valence-corrected chi connectivity index (χ0v) is 7.79. The van der Waals surface area contributed by atoms with E-state index in [4.69, 9.17) is 10.4 Å². The van der Waals surface area contributed by atoms with Gasteiger partial charge in [-0.1, -0.05) is 0 Å². The fourth-order valence-corrected chi connectivity index (χ4v) is 1.26. The number of alkyl halides is 2. The maximum Gasteiger partial charge on any atom is 0.337 e. The molecule has 0 unspecified atom stereocenters. The van der Waals surface area contributed by atoms with Gasteiger partial charge in [-0.3, -0.25) is 0 Å². The lowest BCUT2D eigenvalue weighted by Gasteiger charge is -2.06. The molecule has 0 aliphatic heterocycles. The SMILES string of the molecule is Cc1cc(C(F)F)cc(C(=O)O)c1C#N. The van der Waals surface area contributed by atoms with Gasteiger partial charge in [0.15, 0.2) is 0 Å². The molecule has 0 radical (unpaired) electrons. The lowest BCUT2D eigenvalue weighted by atomic mass is 9.99. The molecule has 0 fully saturated rings. The highest BCUT2D eigenvalue weighted by molar-refractivity contribution is 5.91. The van der Waals surface area contributed by atoms with E-state index in [0.29, 0.717) is 0 Å². The first-order chi connectivity index (χ1) is 6.97. The van der Waals surface area contributed by atoms with E-state index in [2.05, 4.69) is 0 Å². The van der Waals surface area contributed by atoms with E-state index in [-0.39, 0.29) is 22.3 Å². The van der Waals surface area contributed by atoms with E-state index in [1.165, 1.54) is 6.92 Å². The van der Waals surface area contributed by atoms with Crippen molar-refractivity contribution in [3.63, 3.8) is 0 Å². The minimum absolute atomic E-state index is 0.0769. The smallest absolute Gasteiger partial charge is 0.337 e. The van der Waals surface area contributed by atoms with Crippen LogP contribution in [-0.2, 0) is 0 Å². The summed E-state index contributed by atoms with van der Waals surface area (Å²) in [5.74, 6) is -1.38. The standard InChI is InChI=1S/C10H7F2NO2/c1-5-2-6(9(11)12)3-7(10(14)15)8(5)4-13/h2-3,9H,1H3,(H,14,15). The van der Waals surface area contributed by atoms with E-state index >= 15 is 0 Å². The van der Waals surface area contributed by atoms with E-state index in [9.17, 15) is 13.6 Å². The van der Waals surface area contributed by atoms with Crippen molar-refractivity contribution in [2.24, 2.45) is 0 Å². The lowest BCUT2D eigenvalue weighted by Crippen LogP contribution is -2.04. The Kier molecular flexibility index (Phi) is 3.00. The summed E-state index contributed by atoms with van der Waals surface area (Å²) >= 11 is 0. The van der Waals surface area contributed by atoms with Gasteiger partial charge in [0.05, 0.1) is 11.1 Å². The number of hydrogen-bond donors (Lipinski definition) is 1. The molecule has 0 atom stereocenters. The summed E-state index contributed by atoms with van der Waals surface area (Å²) in [6, 6.07) is 3.64. The van der Waals surface area contributed by atoms with Crippen LogP contribution in [0.25, 0.3) is 0 Å². The molecule has 0 aliphatic rings. The second-order valence-corrected chi connectivity index (χ2v) is 2.98. The molecule has 0 saturated carbocycles. The van der Waals surface area contributed by atoms with E-state index in [0.717, 1.165) is 12.1 Å². The summed E-state index contributed by atoms with van der Waals surface area (Å²) in [6.45, 7) is 1.43. The Morgan fingerprint density at radius 3 is 2.53 bits per heavy atom. The van der Waals surface area contributed by atoms with Gasteiger partial charge in [0, 0.05) is 5.56 Å². The summed E-state index contributed by atoms with van der Waals surface area (Å²) < 4.78 is 24.7. The number of nitriles is 1. The summed E-state index contributed by atoms with van der Waals surface area (Å²) in [5.41, 5.74) is -0.601. The Morgan fingerprint density at radius 1 is 1.53 bits per heavy atom. The highest BCUT2D eigenvalue weighted by Crippen LogP contribution is 2.24. The number of nitrogens with zero attached hydrogens (tertiary/aromatic N) is 1. The van der Waals surface area contributed by atoms with Crippen LogP contribution in [0.4, 0.5) is 8.78 Å². The maximum absolute atomic E-state index is 12.4. The Balaban J connectivity index is 3.47. The van der Waals surface area contributed by atoms with Crippen molar-refractivity contribution >= 4 is 5.97 Å². The Bertz CT molecular complexity index is 449. The number of aryl methyl sites for hydroxylation is 1. The quantitative estimate of drug-likeness (QED) is 0.817. The van der Waals surface area contributed by atoms with Gasteiger partial charge in [0.25, 0.3) is 6.43 Å². The van der Waals surface area contributed by atoms with Crippen molar-refractivity contribution in [2.45, 2.75) is 13.3 Å². The molecule has 0 amide bonds. The van der Waals surface area contributed by atoms with Gasteiger partial charge in [0.2, 0.25) is 0 Å². The van der Waals surface area contributed by atoms with Crippen LogP contribution in [0.1, 0.15) is 33.5 Å². The average Bonchev–Trinajstić information content (AvgIpc) is 2.16. The topological polar surface area (TPSA) is 61.1 Å². The van der Waals surface area contributed by atoms with Crippen LogP contribution in [0.2, 0.25) is 0 Å². The van der Waals surface area contributed by atoms with Crippen molar-refractivity contribution in [2.75, 3.05) is 0 Å². The van der Waals surface area contributed by atoms with Gasteiger partial charge in [-0.2, -0.15) is 5.26 Å². The molecule has 0 heterocycles. The number of hydrogen-bond acceptors (Lipinski definition) is 2. The predicted molar refractivity (Wildman–Crippen MR) is 47.8 cm³/mol. The molecule has 1 rings (SSSR count). The molecule has 0 saturated heterocycles. The summed E-state index contributed by atoms with van der Waals surface area (Å²) in [6.07, 6.45) is -2.74. The van der Waals surface area contributed by atoms with Crippen molar-refractivity contribution < 1.29 is 18.7 Å². The van der Waals surface area contributed by atoms with Crippen LogP contribution < -0.4 is 0 Å². The normalized spacial score (nSPS) is 10.1. The monoisotopic (exact) mass is 211 g/mol. The van der Waals surface area contributed by atoms with E-state index in [1.54, 1.807) is 6.07 Å². The highest BCUT2D eigenvalue weighted by Gasteiger charge is 2.17. The molecule has 15 heavy (non-hydrogen) atoms. The number of halogens is 2. The van der Waals surface area contributed by atoms with Gasteiger partial charge >= 0.3 is 5.97 Å². The van der Waals surface area contributed by atoms with Crippen LogP contribution in [0.3, 0.4) is 0 Å². The third-order valence-corrected chi connectivity index (χ3v) is 1.95. The minimum atomic E-state index is -2.74. The van der Waals surface area contributed by atoms with Crippen LogP contribution in [0, 0.1) is 18.3 Å². The second kappa shape index (κ2) is 4.05. The largest absolute Gasteiger partial charge is 0.478 e. The van der Waals surface area contributed by atoms with Crippen LogP contribution >= 0.6 is 0 Å². The third kappa shape index (κ3) is 2.10. The third-order valence-electron chi connectivity index (χ3n) is 1.95. The number of rotatable bonds is 2. The predicted octanol–water partition coefficient (Wildman–Crippen LogP) is 2.50. The maximum atomic E-state index is 12.4. The van der Waals surface area contributed by atoms with E-state index < -0.39 is 12.4 Å². The average molecular weight is 211 g/mol. The zero-order chi connectivity index (χ0) is 11.6. The molecule has 0 aliphatic carbocycles. The zero-order valence-electron chi connectivity index (χ0n) is 7.79. The molecular weight excluding hydrogens is 204 g/mol. The molecule has 0 spiro atoms. The molecule has 1 N–H and O–H groups in total. The molecule has 78 valence electrons. The fourth-order valence-electron chi connectivity index (χ4n) is 1.26.